The van der Waals surface area contributed by atoms with Crippen molar-refractivity contribution in [2.45, 2.75) is 160 Å². The van der Waals surface area contributed by atoms with Crippen LogP contribution in [0, 0.1) is 17.8 Å². The van der Waals surface area contributed by atoms with Crippen molar-refractivity contribution in [3.63, 3.8) is 0 Å². The number of amides is 1. The Kier molecular flexibility index (Phi) is 36.8. The summed E-state index contributed by atoms with van der Waals surface area (Å²) in [5.41, 5.74) is 0. The third kappa shape index (κ3) is 16.8. The number of esters is 2. The average Bonchev–Trinajstić information content (AvgIpc) is 2.95. The largest absolute Gasteiger partial charge is 0.465 e. The van der Waals surface area contributed by atoms with Crippen LogP contribution in [0.5, 0.6) is 0 Å². The number of alkyl halides is 19. The summed E-state index contributed by atoms with van der Waals surface area (Å²) in [7, 11) is 2.34. The number of nitrogens with zero attached hydrogens (tertiary/aromatic N) is 1. The second-order valence-electron chi connectivity index (χ2n) is 11.1. The molecule has 0 spiro atoms. The minimum absolute atomic E-state index is 0. The van der Waals surface area contributed by atoms with Crippen LogP contribution in [0.1, 0.15) is 106 Å². The van der Waals surface area contributed by atoms with Crippen molar-refractivity contribution in [3.8, 4) is 0 Å². The van der Waals surface area contributed by atoms with Gasteiger partial charge in [-0.2, -0.15) is 74.6 Å². The lowest BCUT2D eigenvalue weighted by Crippen LogP contribution is -2.69. The molecule has 0 bridgehead atoms. The van der Waals surface area contributed by atoms with Crippen LogP contribution in [0.3, 0.4) is 0 Å². The van der Waals surface area contributed by atoms with Gasteiger partial charge in [0.25, 0.3) is 0 Å². The molecule has 0 aromatic heterocycles. The number of ether oxygens (including phenoxy) is 2. The van der Waals surface area contributed by atoms with Crippen molar-refractivity contribution in [3.05, 3.63) is 0 Å². The van der Waals surface area contributed by atoms with E-state index in [2.05, 4.69) is 9.47 Å². The lowest BCUT2D eigenvalue weighted by Gasteiger charge is -2.39. The third-order valence-corrected chi connectivity index (χ3v) is 7.04. The van der Waals surface area contributed by atoms with Crippen molar-refractivity contribution >= 4 is 17.8 Å². The van der Waals surface area contributed by atoms with Crippen molar-refractivity contribution in [2.75, 3.05) is 27.3 Å². The Morgan fingerprint density at radius 1 is 0.542 bits per heavy atom. The SMILES string of the molecule is C.C.C.C.C.C.C.C.C.CCC(CC(CC(C)C(=O)N(C)C)C(=O)OCCC(F)(F)C(F)(F)C(F)(F)F)C(=O)OCC(F)(F)C(F)(F)C(F)(F)C(F)(F)C(F)(F)C(F)F. The van der Waals surface area contributed by atoms with Gasteiger partial charge in [-0.15, -0.1) is 0 Å². The lowest BCUT2D eigenvalue weighted by molar-refractivity contribution is -0.414. The summed E-state index contributed by atoms with van der Waals surface area (Å²) in [5.74, 6) is -59.8. The first-order chi connectivity index (χ1) is 22.0. The Bertz CT molecular complexity index is 1180. The van der Waals surface area contributed by atoms with Crippen molar-refractivity contribution in [1.82, 2.24) is 4.90 Å². The molecule has 0 aliphatic heterocycles. The monoisotopic (exact) mass is 927 g/mol. The van der Waals surface area contributed by atoms with Gasteiger partial charge in [0.05, 0.1) is 24.9 Å². The highest BCUT2D eigenvalue weighted by Gasteiger charge is 2.88. The summed E-state index contributed by atoms with van der Waals surface area (Å²) < 4.78 is 259. The second kappa shape index (κ2) is 27.1. The van der Waals surface area contributed by atoms with Crippen LogP contribution < -0.4 is 0 Å². The molecule has 0 saturated heterocycles. The van der Waals surface area contributed by atoms with Crippen LogP contribution in [-0.2, 0) is 23.9 Å². The maximum atomic E-state index is 14.1. The van der Waals surface area contributed by atoms with E-state index in [0.29, 0.717) is 0 Å². The standard InChI is InChI=1S/C25H28F19NO5.9CH4/c1-5-12(15(47)50-10-19(30,31)21(34,35)24(40,41)23(38,39)20(32,33)17(26)27)9-13(8-11(2)14(46)45(3)4)16(48)49-7-6-18(28,29)22(36,37)25(42,43)44;;;;;;;;;/h11-13,17H,5-10H2,1-4H3;9*1H4. The fraction of sp³-hybridized carbons (Fsp3) is 0.912. The molecule has 3 unspecified atom stereocenters. The van der Waals surface area contributed by atoms with Gasteiger partial charge in [-0.1, -0.05) is 80.7 Å². The summed E-state index contributed by atoms with van der Waals surface area (Å²) >= 11 is 0. The fourth-order valence-corrected chi connectivity index (χ4v) is 3.94. The Balaban J connectivity index is -0.000000333. The van der Waals surface area contributed by atoms with E-state index in [4.69, 9.17) is 0 Å². The zero-order valence-corrected chi connectivity index (χ0v) is 25.7. The van der Waals surface area contributed by atoms with Crippen LogP contribution in [0.15, 0.2) is 0 Å². The van der Waals surface area contributed by atoms with Crippen LogP contribution in [0.2, 0.25) is 0 Å². The highest BCUT2D eigenvalue weighted by atomic mass is 19.4. The van der Waals surface area contributed by atoms with E-state index in [1.54, 1.807) is 0 Å². The molecule has 0 aromatic rings. The van der Waals surface area contributed by atoms with E-state index in [-0.39, 0.29) is 66.8 Å². The molecule has 0 saturated carbocycles. The van der Waals surface area contributed by atoms with Gasteiger partial charge in [0.1, 0.15) is 0 Å². The van der Waals surface area contributed by atoms with E-state index in [9.17, 15) is 97.8 Å². The van der Waals surface area contributed by atoms with Crippen molar-refractivity contribution in [2.24, 2.45) is 17.8 Å². The highest BCUT2D eigenvalue weighted by molar-refractivity contribution is 5.80. The topological polar surface area (TPSA) is 72.9 Å². The summed E-state index contributed by atoms with van der Waals surface area (Å²) in [5, 5.41) is 0. The van der Waals surface area contributed by atoms with Gasteiger partial charge < -0.3 is 14.4 Å². The molecule has 0 N–H and O–H groups in total. The zero-order valence-electron chi connectivity index (χ0n) is 25.7. The Labute approximate surface area is 335 Å². The van der Waals surface area contributed by atoms with Crippen LogP contribution in [0.4, 0.5) is 83.4 Å². The Morgan fingerprint density at radius 3 is 1.27 bits per heavy atom. The summed E-state index contributed by atoms with van der Waals surface area (Å²) in [4.78, 5) is 38.2. The smallest absolute Gasteiger partial charge is 0.459 e. The number of carbonyl (C=O) groups excluding carboxylic acids is 3. The molecule has 6 nitrogen and oxygen atoms in total. The molecule has 0 aliphatic rings. The number of hydrogen-bond acceptors (Lipinski definition) is 5. The van der Waals surface area contributed by atoms with Crippen LogP contribution in [-0.4, -0.2) is 104 Å². The van der Waals surface area contributed by atoms with Crippen LogP contribution >= 0.6 is 0 Å². The molecule has 0 fully saturated rings. The predicted octanol–water partition coefficient (Wildman–Crippen LogP) is 13.6. The average molecular weight is 928 g/mol. The molecule has 1 amide bonds. The first kappa shape index (κ1) is 80.1. The van der Waals surface area contributed by atoms with E-state index in [1.165, 1.54) is 14.1 Å². The summed E-state index contributed by atoms with van der Waals surface area (Å²) in [6.07, 6.45) is -17.5. The van der Waals surface area contributed by atoms with Gasteiger partial charge in [-0.05, 0) is 19.3 Å². The lowest BCUT2D eigenvalue weighted by atomic mass is 9.86. The highest BCUT2D eigenvalue weighted by Crippen LogP contribution is 2.58. The summed E-state index contributed by atoms with van der Waals surface area (Å²) in [6.45, 7) is -3.09. The molecular formula is C34H64F19NO5. The molecule has 0 aliphatic carbocycles. The number of rotatable bonds is 19. The molecule has 59 heavy (non-hydrogen) atoms. The van der Waals surface area contributed by atoms with E-state index < -0.39 is 129 Å². The molecule has 0 rings (SSSR count). The van der Waals surface area contributed by atoms with Gasteiger partial charge in [0.2, 0.25) is 5.91 Å². The molecule has 0 heterocycles. The van der Waals surface area contributed by atoms with Crippen molar-refractivity contribution < 1.29 is 107 Å². The minimum atomic E-state index is -7.93. The van der Waals surface area contributed by atoms with E-state index in [0.717, 1.165) is 18.7 Å². The molecule has 0 radical (unpaired) electrons. The normalized spacial score (nSPS) is 13.7. The third-order valence-electron chi connectivity index (χ3n) is 7.04. The maximum Gasteiger partial charge on any atom is 0.459 e. The first-order valence-corrected chi connectivity index (χ1v) is 13.6. The van der Waals surface area contributed by atoms with E-state index >= 15 is 0 Å². The summed E-state index contributed by atoms with van der Waals surface area (Å²) in [6, 6.07) is 0. The molecule has 25 heteroatoms. The zero-order chi connectivity index (χ0) is 40.3. The van der Waals surface area contributed by atoms with Crippen LogP contribution in [0.25, 0.3) is 0 Å². The Hall–Kier alpha value is -2.92. The quantitative estimate of drug-likeness (QED) is 0.0953. The molecular weight excluding hydrogens is 863 g/mol. The van der Waals surface area contributed by atoms with Gasteiger partial charge in [0, 0.05) is 20.0 Å². The van der Waals surface area contributed by atoms with E-state index in [1.807, 2.05) is 0 Å². The number of halogens is 19. The Morgan fingerprint density at radius 2 is 0.932 bits per heavy atom. The molecule has 3 atom stereocenters. The first-order valence-electron chi connectivity index (χ1n) is 13.6. The fourth-order valence-electron chi connectivity index (χ4n) is 3.94. The number of hydrogen-bond donors (Lipinski definition) is 0. The van der Waals surface area contributed by atoms with Gasteiger partial charge in [-0.25, -0.2) is 8.78 Å². The van der Waals surface area contributed by atoms with Gasteiger partial charge in [0.15, 0.2) is 6.61 Å². The van der Waals surface area contributed by atoms with Gasteiger partial charge >= 0.3 is 66.0 Å². The van der Waals surface area contributed by atoms with Gasteiger partial charge in [-0.3, -0.25) is 14.4 Å². The molecule has 368 valence electrons. The molecule has 0 aromatic carbocycles. The number of carbonyl (C=O) groups is 3. The minimum Gasteiger partial charge on any atom is -0.465 e. The predicted molar refractivity (Wildman–Crippen MR) is 188 cm³/mol. The van der Waals surface area contributed by atoms with Crippen molar-refractivity contribution in [1.29, 1.82) is 0 Å². The maximum absolute atomic E-state index is 14.1. The second-order valence-corrected chi connectivity index (χ2v) is 11.1.